The van der Waals surface area contributed by atoms with Crippen molar-refractivity contribution in [2.24, 2.45) is 5.92 Å². The van der Waals surface area contributed by atoms with Crippen molar-refractivity contribution >= 4 is 21.8 Å². The maximum atomic E-state index is 6.57. The lowest BCUT2D eigenvalue weighted by molar-refractivity contribution is -0.250. The van der Waals surface area contributed by atoms with E-state index in [9.17, 15) is 0 Å². The lowest BCUT2D eigenvalue weighted by Crippen LogP contribution is -2.38. The van der Waals surface area contributed by atoms with Crippen LogP contribution >= 0.6 is 0 Å². The standard InChI is InChI=1S/C26H22N2O2/c1-2-5-20-15-30-26(29-14-19(20)4-1)10-9-17-12-21-13-18-8-7-16-6-3-11-27-24(16)25(18)28-23(21)22(17)26/h1-8,11,13,17,22H,9-10,12,14-15H2/t17-,22-/m0/s1. The molecule has 7 rings (SSSR count). The highest BCUT2D eigenvalue weighted by atomic mass is 16.7. The van der Waals surface area contributed by atoms with Crippen LogP contribution in [0, 0.1) is 5.92 Å². The summed E-state index contributed by atoms with van der Waals surface area (Å²) in [5.41, 5.74) is 6.94. The van der Waals surface area contributed by atoms with Crippen molar-refractivity contribution in [2.45, 2.75) is 44.2 Å². The van der Waals surface area contributed by atoms with E-state index in [2.05, 4.69) is 53.5 Å². The molecule has 3 heterocycles. The van der Waals surface area contributed by atoms with E-state index in [1.165, 1.54) is 22.1 Å². The van der Waals surface area contributed by atoms with Crippen molar-refractivity contribution in [3.05, 3.63) is 83.2 Å². The molecule has 148 valence electrons. The fraction of sp³-hybridized carbons (Fsp3) is 0.308. The summed E-state index contributed by atoms with van der Waals surface area (Å²) in [6.45, 7) is 1.21. The zero-order valence-corrected chi connectivity index (χ0v) is 16.7. The SMILES string of the molecule is c1ccc2c(c1)COC1(CC[C@H]3Cc4cc5ccc6cccnc6c5nc4[C@H]31)OC2. The molecule has 0 N–H and O–H groups in total. The first kappa shape index (κ1) is 16.9. The summed E-state index contributed by atoms with van der Waals surface area (Å²) in [6.07, 6.45) is 4.96. The first-order valence-corrected chi connectivity index (χ1v) is 10.8. The molecule has 3 aliphatic rings. The third kappa shape index (κ3) is 2.29. The van der Waals surface area contributed by atoms with Crippen molar-refractivity contribution in [3.8, 4) is 0 Å². The predicted octanol–water partition coefficient (Wildman–Crippen LogP) is 5.28. The number of hydrogen-bond donors (Lipinski definition) is 0. The van der Waals surface area contributed by atoms with Crippen molar-refractivity contribution in [2.75, 3.05) is 0 Å². The molecule has 30 heavy (non-hydrogen) atoms. The Morgan fingerprint density at radius 2 is 1.63 bits per heavy atom. The van der Waals surface area contributed by atoms with Crippen LogP contribution in [0.2, 0.25) is 0 Å². The van der Waals surface area contributed by atoms with Gasteiger partial charge in [0, 0.05) is 23.4 Å². The zero-order valence-electron chi connectivity index (χ0n) is 16.7. The van der Waals surface area contributed by atoms with E-state index in [0.717, 1.165) is 41.4 Å². The highest BCUT2D eigenvalue weighted by Crippen LogP contribution is 2.56. The number of benzene rings is 2. The minimum absolute atomic E-state index is 0.185. The monoisotopic (exact) mass is 394 g/mol. The molecule has 1 fully saturated rings. The summed E-state index contributed by atoms with van der Waals surface area (Å²) in [4.78, 5) is 9.87. The number of aromatic nitrogens is 2. The number of hydrogen-bond acceptors (Lipinski definition) is 4. The minimum Gasteiger partial charge on any atom is -0.344 e. The van der Waals surface area contributed by atoms with Gasteiger partial charge in [0.25, 0.3) is 0 Å². The minimum atomic E-state index is -0.576. The molecule has 2 aromatic heterocycles. The van der Waals surface area contributed by atoms with Gasteiger partial charge in [0.15, 0.2) is 5.79 Å². The van der Waals surface area contributed by atoms with Crippen LogP contribution in [0.3, 0.4) is 0 Å². The summed E-state index contributed by atoms with van der Waals surface area (Å²) < 4.78 is 13.1. The van der Waals surface area contributed by atoms with Crippen LogP contribution in [-0.2, 0) is 29.1 Å². The van der Waals surface area contributed by atoms with Crippen LogP contribution in [0.25, 0.3) is 21.8 Å². The largest absolute Gasteiger partial charge is 0.344 e. The van der Waals surface area contributed by atoms with E-state index in [0.29, 0.717) is 19.1 Å². The molecule has 1 aliphatic heterocycles. The molecule has 2 aliphatic carbocycles. The second kappa shape index (κ2) is 6.10. The molecular weight excluding hydrogens is 372 g/mol. The lowest BCUT2D eigenvalue weighted by atomic mass is 9.94. The van der Waals surface area contributed by atoms with Crippen LogP contribution in [0.5, 0.6) is 0 Å². The quantitative estimate of drug-likeness (QED) is 0.381. The van der Waals surface area contributed by atoms with Gasteiger partial charge in [-0.2, -0.15) is 0 Å². The molecule has 2 aromatic carbocycles. The summed E-state index contributed by atoms with van der Waals surface area (Å²) in [7, 11) is 0. The van der Waals surface area contributed by atoms with Crippen molar-refractivity contribution in [1.82, 2.24) is 9.97 Å². The van der Waals surface area contributed by atoms with Crippen molar-refractivity contribution in [1.29, 1.82) is 0 Å². The summed E-state index contributed by atoms with van der Waals surface area (Å²) in [5, 5.41) is 2.30. The molecular formula is C26H22N2O2. The van der Waals surface area contributed by atoms with Gasteiger partial charge < -0.3 is 9.47 Å². The van der Waals surface area contributed by atoms with Crippen LogP contribution < -0.4 is 0 Å². The Bertz CT molecular complexity index is 1290. The smallest absolute Gasteiger partial charge is 0.177 e. The molecule has 2 atom stereocenters. The third-order valence-electron chi connectivity index (χ3n) is 7.32. The van der Waals surface area contributed by atoms with Gasteiger partial charge in [-0.25, -0.2) is 4.98 Å². The molecule has 4 aromatic rings. The third-order valence-corrected chi connectivity index (χ3v) is 7.32. The second-order valence-corrected chi connectivity index (χ2v) is 8.88. The molecule has 4 nitrogen and oxygen atoms in total. The molecule has 4 heteroatoms. The van der Waals surface area contributed by atoms with Gasteiger partial charge in [-0.05, 0) is 47.6 Å². The molecule has 0 saturated heterocycles. The molecule has 0 bridgehead atoms. The summed E-state index contributed by atoms with van der Waals surface area (Å²) in [6, 6.07) is 19.2. The average molecular weight is 394 g/mol. The van der Waals surface area contributed by atoms with Crippen LogP contribution in [0.4, 0.5) is 0 Å². The van der Waals surface area contributed by atoms with E-state index < -0.39 is 5.79 Å². The van der Waals surface area contributed by atoms with E-state index in [1.54, 1.807) is 0 Å². The Kier molecular flexibility index (Phi) is 3.44. The fourth-order valence-corrected chi connectivity index (χ4v) is 5.87. The Labute approximate surface area is 174 Å². The lowest BCUT2D eigenvalue weighted by Gasteiger charge is -2.34. The van der Waals surface area contributed by atoms with E-state index in [-0.39, 0.29) is 5.92 Å². The Morgan fingerprint density at radius 3 is 2.47 bits per heavy atom. The topological polar surface area (TPSA) is 44.2 Å². The summed E-state index contributed by atoms with van der Waals surface area (Å²) >= 11 is 0. The fourth-order valence-electron chi connectivity index (χ4n) is 5.87. The Balaban J connectivity index is 1.37. The second-order valence-electron chi connectivity index (χ2n) is 8.88. The normalized spacial score (nSPS) is 24.0. The highest BCUT2D eigenvalue weighted by Gasteiger charge is 2.56. The van der Waals surface area contributed by atoms with Gasteiger partial charge in [0.1, 0.15) is 0 Å². The molecule has 0 radical (unpaired) electrons. The Morgan fingerprint density at radius 1 is 0.833 bits per heavy atom. The number of rotatable bonds is 0. The Hall–Kier alpha value is -2.82. The van der Waals surface area contributed by atoms with Gasteiger partial charge in [0.2, 0.25) is 0 Å². The van der Waals surface area contributed by atoms with Gasteiger partial charge in [-0.1, -0.05) is 42.5 Å². The molecule has 0 amide bonds. The highest BCUT2D eigenvalue weighted by molar-refractivity contribution is 6.02. The summed E-state index contributed by atoms with van der Waals surface area (Å²) in [5.74, 6) is 0.142. The molecule has 1 spiro atoms. The van der Waals surface area contributed by atoms with E-state index in [4.69, 9.17) is 14.5 Å². The van der Waals surface area contributed by atoms with Crippen LogP contribution in [0.1, 0.15) is 41.1 Å². The maximum Gasteiger partial charge on any atom is 0.177 e. The van der Waals surface area contributed by atoms with E-state index >= 15 is 0 Å². The number of pyridine rings is 2. The maximum absolute atomic E-state index is 6.57. The number of ether oxygens (including phenoxy) is 2. The van der Waals surface area contributed by atoms with Gasteiger partial charge in [-0.3, -0.25) is 4.98 Å². The van der Waals surface area contributed by atoms with Gasteiger partial charge >= 0.3 is 0 Å². The number of nitrogens with zero attached hydrogens (tertiary/aromatic N) is 2. The van der Waals surface area contributed by atoms with Gasteiger partial charge in [-0.15, -0.1) is 0 Å². The van der Waals surface area contributed by atoms with Crippen molar-refractivity contribution in [3.63, 3.8) is 0 Å². The first-order valence-electron chi connectivity index (χ1n) is 10.8. The van der Waals surface area contributed by atoms with Crippen LogP contribution in [-0.4, -0.2) is 15.8 Å². The average Bonchev–Trinajstić information content (AvgIpc) is 3.25. The van der Waals surface area contributed by atoms with Crippen molar-refractivity contribution < 1.29 is 9.47 Å². The molecule has 0 unspecified atom stereocenters. The predicted molar refractivity (Wildman–Crippen MR) is 115 cm³/mol. The van der Waals surface area contributed by atoms with E-state index in [1.807, 2.05) is 12.3 Å². The molecule has 1 saturated carbocycles. The first-order chi connectivity index (χ1) is 14.8. The van der Waals surface area contributed by atoms with Gasteiger partial charge in [0.05, 0.1) is 35.9 Å². The van der Waals surface area contributed by atoms with Crippen LogP contribution in [0.15, 0.2) is 60.8 Å². The number of fused-ring (bicyclic) bond motifs is 8. The zero-order chi connectivity index (χ0) is 19.7.